The molecule has 2 rings (SSSR count). The number of hydrogen-bond acceptors (Lipinski definition) is 2. The van der Waals surface area contributed by atoms with E-state index >= 15 is 0 Å². The zero-order chi connectivity index (χ0) is 14.2. The minimum absolute atomic E-state index is 0.105. The summed E-state index contributed by atoms with van der Waals surface area (Å²) in [6.07, 6.45) is 8.55. The number of benzene rings is 1. The lowest BCUT2D eigenvalue weighted by Gasteiger charge is -2.18. The summed E-state index contributed by atoms with van der Waals surface area (Å²) in [6.45, 7) is 1.29. The summed E-state index contributed by atoms with van der Waals surface area (Å²) >= 11 is 0. The second kappa shape index (κ2) is 7.85. The lowest BCUT2D eigenvalue weighted by molar-refractivity contribution is -0.117. The summed E-state index contributed by atoms with van der Waals surface area (Å²) in [5.74, 6) is 0.105. The fraction of sp³-hybridized carbons (Fsp3) is 0.471. The Balaban J connectivity index is 1.68. The van der Waals surface area contributed by atoms with Crippen LogP contribution in [0.3, 0.4) is 0 Å². The van der Waals surface area contributed by atoms with Crippen LogP contribution >= 0.6 is 0 Å². The molecule has 0 aliphatic heterocycles. The van der Waals surface area contributed by atoms with Gasteiger partial charge < -0.3 is 10.2 Å². The van der Waals surface area contributed by atoms with Crippen LogP contribution in [-0.4, -0.2) is 26.0 Å². The number of likely N-dealkylation sites (N-methyl/N-ethyl adjacent to an activating group) is 1. The van der Waals surface area contributed by atoms with Gasteiger partial charge in [-0.25, -0.2) is 0 Å². The molecule has 0 saturated carbocycles. The summed E-state index contributed by atoms with van der Waals surface area (Å²) in [6, 6.07) is 9.75. The molecule has 0 aromatic heterocycles. The minimum Gasteiger partial charge on any atom is -0.314 e. The van der Waals surface area contributed by atoms with Crippen LogP contribution in [0.15, 0.2) is 42.0 Å². The molecular weight excluding hydrogens is 248 g/mol. The third kappa shape index (κ3) is 4.49. The average molecular weight is 272 g/mol. The first kappa shape index (κ1) is 14.8. The van der Waals surface area contributed by atoms with Gasteiger partial charge in [-0.2, -0.15) is 0 Å². The van der Waals surface area contributed by atoms with Crippen LogP contribution < -0.4 is 10.2 Å². The van der Waals surface area contributed by atoms with Gasteiger partial charge in [0.25, 0.3) is 0 Å². The van der Waals surface area contributed by atoms with Gasteiger partial charge in [0.05, 0.1) is 6.54 Å². The van der Waals surface area contributed by atoms with Gasteiger partial charge >= 0.3 is 0 Å². The number of amides is 1. The van der Waals surface area contributed by atoms with Gasteiger partial charge in [0, 0.05) is 12.7 Å². The normalized spacial score (nSPS) is 14.8. The van der Waals surface area contributed by atoms with Crippen LogP contribution in [0.1, 0.15) is 32.1 Å². The molecule has 0 saturated heterocycles. The smallest absolute Gasteiger partial charge is 0.240 e. The molecule has 1 aliphatic carbocycles. The molecule has 1 N–H and O–H groups in total. The highest BCUT2D eigenvalue weighted by Gasteiger charge is 2.10. The molecule has 0 radical (unpaired) electrons. The molecule has 0 atom stereocenters. The monoisotopic (exact) mass is 272 g/mol. The molecule has 1 amide bonds. The molecule has 1 aliphatic rings. The first-order valence-electron chi connectivity index (χ1n) is 7.47. The van der Waals surface area contributed by atoms with Crippen LogP contribution in [0.4, 0.5) is 5.69 Å². The zero-order valence-corrected chi connectivity index (χ0v) is 12.3. The summed E-state index contributed by atoms with van der Waals surface area (Å²) in [4.78, 5) is 13.7. The molecule has 1 aromatic rings. The van der Waals surface area contributed by atoms with E-state index in [2.05, 4.69) is 11.4 Å². The highest BCUT2D eigenvalue weighted by atomic mass is 16.2. The van der Waals surface area contributed by atoms with E-state index in [4.69, 9.17) is 0 Å². The van der Waals surface area contributed by atoms with E-state index in [0.29, 0.717) is 6.54 Å². The minimum atomic E-state index is 0.105. The SMILES string of the molecule is CN(C(=O)CNCCC1=CCCCC1)c1ccccc1. The van der Waals surface area contributed by atoms with Crippen molar-refractivity contribution in [2.45, 2.75) is 32.1 Å². The van der Waals surface area contributed by atoms with Gasteiger partial charge in [-0.1, -0.05) is 29.8 Å². The second-order valence-electron chi connectivity index (χ2n) is 5.32. The van der Waals surface area contributed by atoms with E-state index in [1.165, 1.54) is 25.7 Å². The molecule has 0 fully saturated rings. The number of nitrogens with zero attached hydrogens (tertiary/aromatic N) is 1. The van der Waals surface area contributed by atoms with Gasteiger partial charge in [0.2, 0.25) is 5.91 Å². The van der Waals surface area contributed by atoms with Gasteiger partial charge in [-0.15, -0.1) is 0 Å². The first-order valence-corrected chi connectivity index (χ1v) is 7.47. The number of carbonyl (C=O) groups is 1. The Labute approximate surface area is 121 Å². The van der Waals surface area contributed by atoms with Crippen molar-refractivity contribution < 1.29 is 4.79 Å². The Morgan fingerprint density at radius 2 is 2.05 bits per heavy atom. The maximum absolute atomic E-state index is 12.0. The van der Waals surface area contributed by atoms with E-state index in [-0.39, 0.29) is 5.91 Å². The van der Waals surface area contributed by atoms with Gasteiger partial charge in [-0.05, 0) is 50.8 Å². The third-order valence-corrected chi connectivity index (χ3v) is 3.80. The van der Waals surface area contributed by atoms with Crippen LogP contribution in [0.5, 0.6) is 0 Å². The van der Waals surface area contributed by atoms with E-state index in [0.717, 1.165) is 18.7 Å². The Morgan fingerprint density at radius 3 is 2.75 bits per heavy atom. The molecule has 1 aromatic carbocycles. The molecule has 3 heteroatoms. The van der Waals surface area contributed by atoms with Crippen molar-refractivity contribution in [2.24, 2.45) is 0 Å². The van der Waals surface area contributed by atoms with Crippen LogP contribution in [0.2, 0.25) is 0 Å². The van der Waals surface area contributed by atoms with Crippen molar-refractivity contribution in [3.05, 3.63) is 42.0 Å². The molecule has 3 nitrogen and oxygen atoms in total. The largest absolute Gasteiger partial charge is 0.314 e. The molecule has 0 heterocycles. The molecule has 108 valence electrons. The van der Waals surface area contributed by atoms with Crippen molar-refractivity contribution in [1.29, 1.82) is 0 Å². The maximum Gasteiger partial charge on any atom is 0.240 e. The highest BCUT2D eigenvalue weighted by molar-refractivity contribution is 5.94. The second-order valence-corrected chi connectivity index (χ2v) is 5.32. The average Bonchev–Trinajstić information content (AvgIpc) is 2.52. The predicted molar refractivity (Wildman–Crippen MR) is 83.9 cm³/mol. The fourth-order valence-corrected chi connectivity index (χ4v) is 2.49. The molecule has 20 heavy (non-hydrogen) atoms. The lowest BCUT2D eigenvalue weighted by atomic mass is 9.97. The van der Waals surface area contributed by atoms with Crippen LogP contribution in [0.25, 0.3) is 0 Å². The summed E-state index contributed by atoms with van der Waals surface area (Å²) in [5.41, 5.74) is 2.49. The predicted octanol–water partition coefficient (Wildman–Crippen LogP) is 3.13. The Bertz CT molecular complexity index is 453. The van der Waals surface area contributed by atoms with Crippen molar-refractivity contribution in [1.82, 2.24) is 5.32 Å². The molecule has 0 unspecified atom stereocenters. The number of allylic oxidation sites excluding steroid dienone is 1. The lowest BCUT2D eigenvalue weighted by Crippen LogP contribution is -2.36. The Morgan fingerprint density at radius 1 is 1.25 bits per heavy atom. The Hall–Kier alpha value is -1.61. The standard InChI is InChI=1S/C17H24N2O/c1-19(16-10-6-3-7-11-16)17(20)14-18-13-12-15-8-4-2-5-9-15/h3,6-8,10-11,18H,2,4-5,9,12-14H2,1H3. The maximum atomic E-state index is 12.0. The number of carbonyl (C=O) groups excluding carboxylic acids is 1. The van der Waals surface area contributed by atoms with E-state index < -0.39 is 0 Å². The van der Waals surface area contributed by atoms with Crippen molar-refractivity contribution >= 4 is 11.6 Å². The number of hydrogen-bond donors (Lipinski definition) is 1. The number of para-hydroxylation sites is 1. The van der Waals surface area contributed by atoms with Crippen molar-refractivity contribution in [3.63, 3.8) is 0 Å². The molecular formula is C17H24N2O. The van der Waals surface area contributed by atoms with Crippen molar-refractivity contribution in [2.75, 3.05) is 25.0 Å². The topological polar surface area (TPSA) is 32.3 Å². The number of anilines is 1. The highest BCUT2D eigenvalue weighted by Crippen LogP contribution is 2.19. The van der Waals surface area contributed by atoms with Crippen LogP contribution in [0, 0.1) is 0 Å². The van der Waals surface area contributed by atoms with Crippen molar-refractivity contribution in [3.8, 4) is 0 Å². The van der Waals surface area contributed by atoms with Gasteiger partial charge in [0.1, 0.15) is 0 Å². The third-order valence-electron chi connectivity index (χ3n) is 3.80. The first-order chi connectivity index (χ1) is 9.77. The summed E-state index contributed by atoms with van der Waals surface area (Å²) < 4.78 is 0. The van der Waals surface area contributed by atoms with E-state index in [1.807, 2.05) is 37.4 Å². The van der Waals surface area contributed by atoms with Crippen LogP contribution in [-0.2, 0) is 4.79 Å². The quantitative estimate of drug-likeness (QED) is 0.637. The summed E-state index contributed by atoms with van der Waals surface area (Å²) in [7, 11) is 1.82. The zero-order valence-electron chi connectivity index (χ0n) is 12.3. The van der Waals surface area contributed by atoms with E-state index in [9.17, 15) is 4.79 Å². The molecule has 0 spiro atoms. The van der Waals surface area contributed by atoms with Gasteiger partial charge in [0.15, 0.2) is 0 Å². The number of nitrogens with one attached hydrogen (secondary N) is 1. The number of rotatable bonds is 6. The molecule has 0 bridgehead atoms. The van der Waals surface area contributed by atoms with Gasteiger partial charge in [-0.3, -0.25) is 4.79 Å². The fourth-order valence-electron chi connectivity index (χ4n) is 2.49. The Kier molecular flexibility index (Phi) is 5.81. The summed E-state index contributed by atoms with van der Waals surface area (Å²) in [5, 5.41) is 3.25. The van der Waals surface area contributed by atoms with E-state index in [1.54, 1.807) is 10.5 Å².